The Balaban J connectivity index is 2.48. The van der Waals surface area contributed by atoms with Gasteiger partial charge in [-0.3, -0.25) is 9.59 Å². The van der Waals surface area contributed by atoms with Crippen LogP contribution in [0.4, 0.5) is 0 Å². The number of amides is 2. The fourth-order valence-electron chi connectivity index (χ4n) is 1.57. The van der Waals surface area contributed by atoms with Crippen LogP contribution in [0, 0.1) is 0 Å². The fraction of sp³-hybridized carbons (Fsp3) is 0.462. The van der Waals surface area contributed by atoms with Crippen LogP contribution >= 0.6 is 0 Å². The predicted octanol–water partition coefficient (Wildman–Crippen LogP) is 1.06. The van der Waals surface area contributed by atoms with Crippen molar-refractivity contribution in [1.29, 1.82) is 0 Å². The molecule has 1 rings (SSSR count). The van der Waals surface area contributed by atoms with Crippen molar-refractivity contribution in [2.75, 3.05) is 13.6 Å². The van der Waals surface area contributed by atoms with E-state index >= 15 is 0 Å². The lowest BCUT2D eigenvalue weighted by Gasteiger charge is -2.14. The monoisotopic (exact) mass is 265 g/mol. The van der Waals surface area contributed by atoms with Crippen molar-refractivity contribution in [3.63, 3.8) is 0 Å². The zero-order chi connectivity index (χ0) is 14.4. The molecule has 1 heterocycles. The Morgan fingerprint density at radius 2 is 2.26 bits per heavy atom. The molecule has 6 nitrogen and oxygen atoms in total. The minimum atomic E-state index is -0.289. The average molecular weight is 265 g/mol. The molecular formula is C13H19N3O3. The van der Waals surface area contributed by atoms with Crippen molar-refractivity contribution in [2.24, 2.45) is 0 Å². The van der Waals surface area contributed by atoms with E-state index in [1.165, 1.54) is 17.2 Å². The van der Waals surface area contributed by atoms with Crippen molar-refractivity contribution in [3.05, 3.63) is 30.2 Å². The third-order valence-electron chi connectivity index (χ3n) is 2.63. The summed E-state index contributed by atoms with van der Waals surface area (Å²) in [5.74, 6) is -0.299. The van der Waals surface area contributed by atoms with E-state index in [9.17, 15) is 9.59 Å². The molecule has 104 valence electrons. The van der Waals surface area contributed by atoms with Gasteiger partial charge in [-0.25, -0.2) is 0 Å². The van der Waals surface area contributed by atoms with E-state index in [0.717, 1.165) is 11.3 Å². The molecule has 0 aliphatic heterocycles. The predicted molar refractivity (Wildman–Crippen MR) is 70.3 cm³/mol. The Morgan fingerprint density at radius 3 is 2.84 bits per heavy atom. The second-order valence-corrected chi connectivity index (χ2v) is 4.55. The molecule has 6 heteroatoms. The van der Waals surface area contributed by atoms with Gasteiger partial charge in [0, 0.05) is 19.2 Å². The smallest absolute Gasteiger partial charge is 0.246 e. The van der Waals surface area contributed by atoms with Gasteiger partial charge in [-0.05, 0) is 12.0 Å². The molecule has 0 atom stereocenters. The highest BCUT2D eigenvalue weighted by molar-refractivity contribution is 5.90. The maximum absolute atomic E-state index is 11.7. The van der Waals surface area contributed by atoms with Crippen molar-refractivity contribution in [3.8, 4) is 0 Å². The van der Waals surface area contributed by atoms with E-state index in [1.54, 1.807) is 7.05 Å². The van der Waals surface area contributed by atoms with Crippen LogP contribution in [0.15, 0.2) is 23.4 Å². The van der Waals surface area contributed by atoms with Crippen LogP contribution in [0.2, 0.25) is 0 Å². The Labute approximate surface area is 112 Å². The van der Waals surface area contributed by atoms with Gasteiger partial charge in [0.2, 0.25) is 11.8 Å². The molecular weight excluding hydrogens is 246 g/mol. The molecule has 1 N–H and O–H groups in total. The number of hydrogen-bond donors (Lipinski definition) is 1. The third kappa shape index (κ3) is 4.24. The molecule has 1 aromatic heterocycles. The van der Waals surface area contributed by atoms with E-state index in [-0.39, 0.29) is 24.3 Å². The fourth-order valence-corrected chi connectivity index (χ4v) is 1.57. The average Bonchev–Trinajstić information content (AvgIpc) is 2.83. The number of carbonyl (C=O) groups excluding carboxylic acids is 2. The quantitative estimate of drug-likeness (QED) is 0.780. The molecule has 0 aliphatic carbocycles. The first-order valence-electron chi connectivity index (χ1n) is 6.03. The van der Waals surface area contributed by atoms with Crippen LogP contribution in [0.5, 0.6) is 0 Å². The molecule has 1 aromatic rings. The molecule has 0 bridgehead atoms. The molecule has 0 unspecified atom stereocenters. The summed E-state index contributed by atoms with van der Waals surface area (Å²) in [5, 5.41) is 6.62. The summed E-state index contributed by atoms with van der Waals surface area (Å²) in [6.07, 6.45) is 2.69. The van der Waals surface area contributed by atoms with Gasteiger partial charge < -0.3 is 14.7 Å². The molecule has 0 saturated heterocycles. The highest BCUT2D eigenvalue weighted by atomic mass is 16.5. The van der Waals surface area contributed by atoms with Gasteiger partial charge in [0.15, 0.2) is 0 Å². The summed E-state index contributed by atoms with van der Waals surface area (Å²) in [5.41, 5.74) is 1.68. The molecule has 0 fully saturated rings. The molecule has 0 radical (unpaired) electrons. The summed E-state index contributed by atoms with van der Waals surface area (Å²) in [6.45, 7) is 7.69. The summed E-state index contributed by atoms with van der Waals surface area (Å²) < 4.78 is 4.90. The maximum atomic E-state index is 11.7. The van der Waals surface area contributed by atoms with E-state index in [4.69, 9.17) is 4.52 Å². The molecule has 19 heavy (non-hydrogen) atoms. The highest BCUT2D eigenvalue weighted by Crippen LogP contribution is 2.16. The number of nitrogens with zero attached hydrogens (tertiary/aromatic N) is 2. The Morgan fingerprint density at radius 1 is 1.58 bits per heavy atom. The standard InChI is InChI=1S/C13H19N3O3/c1-5-12(18)16(4)7-11(17)14-6-10-8-19-15-13(10)9(2)3/h5,8-9H,1,6-7H2,2-4H3,(H,14,17). The van der Waals surface area contributed by atoms with E-state index in [1.807, 2.05) is 13.8 Å². The number of nitrogens with one attached hydrogen (secondary N) is 1. The van der Waals surface area contributed by atoms with E-state index in [2.05, 4.69) is 17.1 Å². The first kappa shape index (κ1) is 14.9. The first-order chi connectivity index (χ1) is 8.95. The summed E-state index contributed by atoms with van der Waals surface area (Å²) in [4.78, 5) is 24.2. The lowest BCUT2D eigenvalue weighted by Crippen LogP contribution is -2.37. The highest BCUT2D eigenvalue weighted by Gasteiger charge is 2.14. The van der Waals surface area contributed by atoms with Gasteiger partial charge in [0.1, 0.15) is 6.26 Å². The van der Waals surface area contributed by atoms with Crippen LogP contribution in [0.25, 0.3) is 0 Å². The van der Waals surface area contributed by atoms with Crippen molar-refractivity contribution in [2.45, 2.75) is 26.3 Å². The van der Waals surface area contributed by atoms with Crippen LogP contribution in [-0.4, -0.2) is 35.5 Å². The Kier molecular flexibility index (Phi) is 5.29. The van der Waals surface area contributed by atoms with Gasteiger partial charge in [0.05, 0.1) is 12.2 Å². The first-order valence-corrected chi connectivity index (χ1v) is 6.03. The number of hydrogen-bond acceptors (Lipinski definition) is 4. The van der Waals surface area contributed by atoms with Gasteiger partial charge in [-0.1, -0.05) is 25.6 Å². The lowest BCUT2D eigenvalue weighted by molar-refractivity contribution is -0.131. The van der Waals surface area contributed by atoms with Crippen molar-refractivity contribution < 1.29 is 14.1 Å². The molecule has 0 saturated carbocycles. The van der Waals surface area contributed by atoms with Crippen molar-refractivity contribution in [1.82, 2.24) is 15.4 Å². The summed E-state index contributed by atoms with van der Waals surface area (Å²) in [7, 11) is 1.54. The van der Waals surface area contributed by atoms with Gasteiger partial charge in [-0.15, -0.1) is 0 Å². The topological polar surface area (TPSA) is 75.4 Å². The minimum absolute atomic E-state index is 0.00680. The Bertz CT molecular complexity index is 465. The second-order valence-electron chi connectivity index (χ2n) is 4.55. The zero-order valence-electron chi connectivity index (χ0n) is 11.5. The molecule has 0 spiro atoms. The van der Waals surface area contributed by atoms with Crippen LogP contribution < -0.4 is 5.32 Å². The van der Waals surface area contributed by atoms with E-state index < -0.39 is 0 Å². The molecule has 2 amide bonds. The Hall–Kier alpha value is -2.11. The maximum Gasteiger partial charge on any atom is 0.246 e. The van der Waals surface area contributed by atoms with Crippen LogP contribution in [-0.2, 0) is 16.1 Å². The number of rotatable bonds is 6. The van der Waals surface area contributed by atoms with E-state index in [0.29, 0.717) is 6.54 Å². The summed E-state index contributed by atoms with van der Waals surface area (Å²) in [6, 6.07) is 0. The molecule has 0 aromatic carbocycles. The lowest BCUT2D eigenvalue weighted by atomic mass is 10.1. The normalized spacial score (nSPS) is 10.3. The largest absolute Gasteiger partial charge is 0.364 e. The van der Waals surface area contributed by atoms with Gasteiger partial charge in [-0.2, -0.15) is 0 Å². The number of carbonyl (C=O) groups is 2. The van der Waals surface area contributed by atoms with Crippen LogP contribution in [0.1, 0.15) is 31.0 Å². The number of likely N-dealkylation sites (N-methyl/N-ethyl adjacent to an activating group) is 1. The van der Waals surface area contributed by atoms with Crippen molar-refractivity contribution >= 4 is 11.8 Å². The second kappa shape index (κ2) is 6.72. The SMILES string of the molecule is C=CC(=O)N(C)CC(=O)NCc1conc1C(C)C. The summed E-state index contributed by atoms with van der Waals surface area (Å²) >= 11 is 0. The zero-order valence-corrected chi connectivity index (χ0v) is 11.5. The van der Waals surface area contributed by atoms with Crippen LogP contribution in [0.3, 0.4) is 0 Å². The number of aromatic nitrogens is 1. The minimum Gasteiger partial charge on any atom is -0.364 e. The van der Waals surface area contributed by atoms with Gasteiger partial charge >= 0.3 is 0 Å². The van der Waals surface area contributed by atoms with Gasteiger partial charge in [0.25, 0.3) is 0 Å². The third-order valence-corrected chi connectivity index (χ3v) is 2.63. The molecule has 0 aliphatic rings.